The number of amides is 2. The SMILES string of the molecule is O=C(NCCc1nc2c(s1)CCCC2)NC1COc2ccccc2C1. The van der Waals surface area contributed by atoms with Crippen LogP contribution in [-0.4, -0.2) is 30.2 Å². The molecule has 25 heavy (non-hydrogen) atoms. The lowest BCUT2D eigenvalue weighted by atomic mass is 10.0. The van der Waals surface area contributed by atoms with E-state index >= 15 is 0 Å². The molecule has 1 aliphatic carbocycles. The zero-order chi connectivity index (χ0) is 17.1. The Hall–Kier alpha value is -2.08. The van der Waals surface area contributed by atoms with Gasteiger partial charge in [-0.05, 0) is 43.7 Å². The van der Waals surface area contributed by atoms with Crippen LogP contribution in [0.5, 0.6) is 5.75 Å². The van der Waals surface area contributed by atoms with E-state index in [-0.39, 0.29) is 12.1 Å². The maximum atomic E-state index is 12.1. The molecule has 2 aromatic rings. The first-order chi connectivity index (χ1) is 12.3. The third-order valence-corrected chi connectivity index (χ3v) is 5.95. The number of hydrogen-bond acceptors (Lipinski definition) is 4. The molecule has 0 saturated carbocycles. The Morgan fingerprint density at radius 2 is 2.16 bits per heavy atom. The summed E-state index contributed by atoms with van der Waals surface area (Å²) in [5, 5.41) is 7.09. The van der Waals surface area contributed by atoms with E-state index in [1.807, 2.05) is 35.6 Å². The Morgan fingerprint density at radius 3 is 3.08 bits per heavy atom. The summed E-state index contributed by atoms with van der Waals surface area (Å²) in [4.78, 5) is 18.3. The van der Waals surface area contributed by atoms with Crippen molar-refractivity contribution in [3.8, 4) is 5.75 Å². The van der Waals surface area contributed by atoms with Crippen LogP contribution in [0.25, 0.3) is 0 Å². The van der Waals surface area contributed by atoms with Gasteiger partial charge in [-0.3, -0.25) is 0 Å². The van der Waals surface area contributed by atoms with E-state index in [9.17, 15) is 4.79 Å². The number of nitrogens with one attached hydrogen (secondary N) is 2. The number of para-hydroxylation sites is 1. The number of thiazole rings is 1. The fourth-order valence-electron chi connectivity index (χ4n) is 3.45. The number of carbonyl (C=O) groups is 1. The highest BCUT2D eigenvalue weighted by molar-refractivity contribution is 7.11. The van der Waals surface area contributed by atoms with E-state index in [0.29, 0.717) is 13.2 Å². The fraction of sp³-hybridized carbons (Fsp3) is 0.474. The molecule has 2 heterocycles. The van der Waals surface area contributed by atoms with E-state index < -0.39 is 0 Å². The number of carbonyl (C=O) groups excluding carboxylic acids is 1. The lowest BCUT2D eigenvalue weighted by Gasteiger charge is -2.26. The number of urea groups is 1. The summed E-state index contributed by atoms with van der Waals surface area (Å²) in [7, 11) is 0. The molecule has 4 rings (SSSR count). The number of hydrogen-bond donors (Lipinski definition) is 2. The summed E-state index contributed by atoms with van der Waals surface area (Å²) >= 11 is 1.81. The van der Waals surface area contributed by atoms with Crippen LogP contribution in [0.2, 0.25) is 0 Å². The van der Waals surface area contributed by atoms with Gasteiger partial charge in [0.25, 0.3) is 0 Å². The van der Waals surface area contributed by atoms with Crippen LogP contribution in [0, 0.1) is 0 Å². The zero-order valence-corrected chi connectivity index (χ0v) is 15.0. The molecule has 1 aromatic carbocycles. The second kappa shape index (κ2) is 7.44. The Bertz CT molecular complexity index is 735. The lowest BCUT2D eigenvalue weighted by molar-refractivity contribution is 0.214. The minimum Gasteiger partial charge on any atom is -0.491 e. The van der Waals surface area contributed by atoms with Gasteiger partial charge in [0.1, 0.15) is 12.4 Å². The normalized spacial score (nSPS) is 18.6. The molecule has 2 amide bonds. The largest absolute Gasteiger partial charge is 0.491 e. The van der Waals surface area contributed by atoms with Gasteiger partial charge in [0.05, 0.1) is 16.7 Å². The molecule has 132 valence electrons. The monoisotopic (exact) mass is 357 g/mol. The van der Waals surface area contributed by atoms with Gasteiger partial charge in [0, 0.05) is 17.8 Å². The fourth-order valence-corrected chi connectivity index (χ4v) is 4.61. The average Bonchev–Trinajstić information content (AvgIpc) is 3.04. The Kier molecular flexibility index (Phi) is 4.88. The summed E-state index contributed by atoms with van der Waals surface area (Å²) in [5.74, 6) is 0.925. The maximum absolute atomic E-state index is 12.1. The highest BCUT2D eigenvalue weighted by atomic mass is 32.1. The number of fused-ring (bicyclic) bond motifs is 2. The number of nitrogens with zero attached hydrogens (tertiary/aromatic N) is 1. The summed E-state index contributed by atoms with van der Waals surface area (Å²) in [6.45, 7) is 1.13. The van der Waals surface area contributed by atoms with Crippen LogP contribution in [-0.2, 0) is 25.7 Å². The molecular formula is C19H23N3O2S. The van der Waals surface area contributed by atoms with Crippen molar-refractivity contribution in [1.29, 1.82) is 0 Å². The number of rotatable bonds is 4. The van der Waals surface area contributed by atoms with Crippen LogP contribution in [0.4, 0.5) is 4.79 Å². The van der Waals surface area contributed by atoms with Crippen LogP contribution < -0.4 is 15.4 Å². The molecule has 6 heteroatoms. The molecule has 1 aromatic heterocycles. The second-order valence-corrected chi connectivity index (χ2v) is 7.82. The van der Waals surface area contributed by atoms with E-state index in [4.69, 9.17) is 9.72 Å². The van der Waals surface area contributed by atoms with Crippen molar-refractivity contribution in [3.05, 3.63) is 45.4 Å². The molecule has 0 bridgehead atoms. The molecular weight excluding hydrogens is 334 g/mol. The minimum atomic E-state index is -0.130. The van der Waals surface area contributed by atoms with Gasteiger partial charge in [-0.2, -0.15) is 0 Å². The molecule has 1 unspecified atom stereocenters. The van der Waals surface area contributed by atoms with Gasteiger partial charge in [0.15, 0.2) is 0 Å². The third-order valence-electron chi connectivity index (χ3n) is 4.73. The second-order valence-electron chi connectivity index (χ2n) is 6.65. The van der Waals surface area contributed by atoms with E-state index in [0.717, 1.165) is 35.6 Å². The van der Waals surface area contributed by atoms with Crippen molar-refractivity contribution in [2.24, 2.45) is 0 Å². The van der Waals surface area contributed by atoms with Gasteiger partial charge in [-0.25, -0.2) is 9.78 Å². The highest BCUT2D eigenvalue weighted by Crippen LogP contribution is 2.27. The van der Waals surface area contributed by atoms with E-state index in [1.54, 1.807) is 0 Å². The molecule has 1 aliphatic heterocycles. The molecule has 2 aliphatic rings. The summed E-state index contributed by atoms with van der Waals surface area (Å²) < 4.78 is 5.71. The van der Waals surface area contributed by atoms with E-state index in [1.165, 1.54) is 29.8 Å². The van der Waals surface area contributed by atoms with E-state index in [2.05, 4.69) is 10.6 Å². The lowest BCUT2D eigenvalue weighted by Crippen LogP contribution is -2.47. The van der Waals surface area contributed by atoms with Gasteiger partial charge in [0.2, 0.25) is 0 Å². The number of aryl methyl sites for hydroxylation is 2. The van der Waals surface area contributed by atoms with Crippen LogP contribution in [0.1, 0.15) is 34.0 Å². The molecule has 5 nitrogen and oxygen atoms in total. The van der Waals surface area contributed by atoms with Crippen molar-refractivity contribution in [1.82, 2.24) is 15.6 Å². The van der Waals surface area contributed by atoms with Crippen LogP contribution in [0.3, 0.4) is 0 Å². The number of benzene rings is 1. The standard InChI is InChI=1S/C19H23N3O2S/c23-19(21-14-11-13-5-1-3-7-16(13)24-12-14)20-10-9-18-22-15-6-2-4-8-17(15)25-18/h1,3,5,7,14H,2,4,6,8-12H2,(H2,20,21,23). The highest BCUT2D eigenvalue weighted by Gasteiger charge is 2.21. The zero-order valence-electron chi connectivity index (χ0n) is 14.2. The summed E-state index contributed by atoms with van der Waals surface area (Å²) in [6.07, 6.45) is 6.43. The maximum Gasteiger partial charge on any atom is 0.315 e. The Labute approximate surface area is 151 Å². The molecule has 0 radical (unpaired) electrons. The average molecular weight is 357 g/mol. The number of aromatic nitrogens is 1. The van der Waals surface area contributed by atoms with Crippen molar-refractivity contribution in [2.45, 2.75) is 44.6 Å². The minimum absolute atomic E-state index is 0.0158. The quantitative estimate of drug-likeness (QED) is 0.884. The van der Waals surface area contributed by atoms with Crippen LogP contribution >= 0.6 is 11.3 Å². The Morgan fingerprint density at radius 1 is 1.28 bits per heavy atom. The molecule has 0 fully saturated rings. The topological polar surface area (TPSA) is 63.2 Å². The van der Waals surface area contributed by atoms with Crippen molar-refractivity contribution >= 4 is 17.4 Å². The molecule has 0 saturated heterocycles. The predicted molar refractivity (Wildman–Crippen MR) is 98.4 cm³/mol. The molecule has 2 N–H and O–H groups in total. The Balaban J connectivity index is 1.23. The van der Waals surface area contributed by atoms with Gasteiger partial charge in [-0.1, -0.05) is 18.2 Å². The van der Waals surface area contributed by atoms with Crippen LogP contribution in [0.15, 0.2) is 24.3 Å². The first-order valence-electron chi connectivity index (χ1n) is 9.00. The first kappa shape index (κ1) is 16.4. The van der Waals surface area contributed by atoms with Gasteiger partial charge in [-0.15, -0.1) is 11.3 Å². The molecule has 1 atom stereocenters. The number of ether oxygens (including phenoxy) is 1. The predicted octanol–water partition coefficient (Wildman–Crippen LogP) is 2.87. The van der Waals surface area contributed by atoms with Crippen molar-refractivity contribution in [2.75, 3.05) is 13.2 Å². The third kappa shape index (κ3) is 3.95. The summed E-state index contributed by atoms with van der Waals surface area (Å²) in [5.41, 5.74) is 2.43. The van der Waals surface area contributed by atoms with Crippen molar-refractivity contribution < 1.29 is 9.53 Å². The van der Waals surface area contributed by atoms with Gasteiger partial charge < -0.3 is 15.4 Å². The van der Waals surface area contributed by atoms with Gasteiger partial charge >= 0.3 is 6.03 Å². The first-order valence-corrected chi connectivity index (χ1v) is 9.82. The smallest absolute Gasteiger partial charge is 0.315 e. The summed E-state index contributed by atoms with van der Waals surface area (Å²) in [6, 6.07) is 7.87. The molecule has 0 spiro atoms. The van der Waals surface area contributed by atoms with Crippen molar-refractivity contribution in [3.63, 3.8) is 0 Å².